The molecule has 0 radical (unpaired) electrons. The first-order valence-corrected chi connectivity index (χ1v) is 8.35. The number of likely N-dealkylation sites (tertiary alicyclic amines) is 1. The minimum Gasteiger partial charge on any atom is -0.360 e. The summed E-state index contributed by atoms with van der Waals surface area (Å²) < 4.78 is 0. The summed E-state index contributed by atoms with van der Waals surface area (Å²) >= 11 is 5.42. The fourth-order valence-electron chi connectivity index (χ4n) is 2.64. The average molecular weight is 305 g/mol. The van der Waals surface area contributed by atoms with Crippen LogP contribution in [-0.4, -0.2) is 36.2 Å². The third-order valence-corrected chi connectivity index (χ3v) is 4.62. The smallest absolute Gasteiger partial charge is 0.170 e. The zero-order valence-electron chi connectivity index (χ0n) is 13.4. The number of piperidine rings is 1. The minimum absolute atomic E-state index is 0.501. The van der Waals surface area contributed by atoms with Gasteiger partial charge in [-0.15, -0.1) is 0 Å². The van der Waals surface area contributed by atoms with Crippen LogP contribution in [-0.2, 0) is 0 Å². The van der Waals surface area contributed by atoms with Crippen molar-refractivity contribution in [3.63, 3.8) is 0 Å². The molecule has 1 atom stereocenters. The van der Waals surface area contributed by atoms with Gasteiger partial charge in [0, 0.05) is 11.7 Å². The van der Waals surface area contributed by atoms with E-state index in [0.717, 1.165) is 36.7 Å². The molecular weight excluding hydrogens is 278 g/mol. The van der Waals surface area contributed by atoms with Crippen LogP contribution in [0.4, 0.5) is 5.69 Å². The third kappa shape index (κ3) is 4.97. The molecule has 1 aromatic rings. The Kier molecular flexibility index (Phi) is 6.00. The highest BCUT2D eigenvalue weighted by molar-refractivity contribution is 7.80. The zero-order chi connectivity index (χ0) is 15.2. The third-order valence-electron chi connectivity index (χ3n) is 4.40. The quantitative estimate of drug-likeness (QED) is 0.832. The predicted molar refractivity (Wildman–Crippen MR) is 95.0 cm³/mol. The second-order valence-corrected chi connectivity index (χ2v) is 6.52. The normalized spacial score (nSPS) is 18.2. The van der Waals surface area contributed by atoms with Gasteiger partial charge in [-0.05, 0) is 75.2 Å². The predicted octanol–water partition coefficient (Wildman–Crippen LogP) is 3.58. The number of hydrogen-bond acceptors (Lipinski definition) is 2. The first-order valence-electron chi connectivity index (χ1n) is 7.94. The molecule has 1 unspecified atom stereocenters. The molecule has 0 spiro atoms. The van der Waals surface area contributed by atoms with E-state index >= 15 is 0 Å². The van der Waals surface area contributed by atoms with Crippen molar-refractivity contribution >= 4 is 23.0 Å². The SMILES string of the molecule is CCC(C)c1ccc(NC(=S)NC2CCN(C)CC2)cc1. The molecule has 0 aliphatic carbocycles. The maximum absolute atomic E-state index is 5.42. The van der Waals surface area contributed by atoms with Crippen molar-refractivity contribution < 1.29 is 0 Å². The second kappa shape index (κ2) is 7.76. The number of hydrogen-bond donors (Lipinski definition) is 2. The Hall–Kier alpha value is -1.13. The number of anilines is 1. The number of nitrogens with zero attached hydrogens (tertiary/aromatic N) is 1. The molecular formula is C17H27N3S. The monoisotopic (exact) mass is 305 g/mol. The molecule has 3 nitrogen and oxygen atoms in total. The van der Waals surface area contributed by atoms with Gasteiger partial charge in [-0.1, -0.05) is 26.0 Å². The fraction of sp³-hybridized carbons (Fsp3) is 0.588. The standard InChI is InChI=1S/C17H27N3S/c1-4-13(2)14-5-7-15(8-6-14)18-17(21)19-16-9-11-20(3)12-10-16/h5-8,13,16H,4,9-12H2,1-3H3,(H2,18,19,21). The van der Waals surface area contributed by atoms with Crippen molar-refractivity contribution in [3.05, 3.63) is 29.8 Å². The van der Waals surface area contributed by atoms with E-state index in [0.29, 0.717) is 12.0 Å². The maximum atomic E-state index is 5.42. The first kappa shape index (κ1) is 16.2. The number of nitrogens with one attached hydrogen (secondary N) is 2. The van der Waals surface area contributed by atoms with Gasteiger partial charge in [-0.2, -0.15) is 0 Å². The summed E-state index contributed by atoms with van der Waals surface area (Å²) in [5.41, 5.74) is 2.45. The Morgan fingerprint density at radius 1 is 1.29 bits per heavy atom. The molecule has 1 aromatic carbocycles. The van der Waals surface area contributed by atoms with Gasteiger partial charge >= 0.3 is 0 Å². The van der Waals surface area contributed by atoms with Crippen molar-refractivity contribution in [1.29, 1.82) is 0 Å². The number of rotatable bonds is 4. The molecule has 2 N–H and O–H groups in total. The molecule has 1 heterocycles. The van der Waals surface area contributed by atoms with E-state index in [2.05, 4.69) is 60.7 Å². The molecule has 1 aliphatic heterocycles. The topological polar surface area (TPSA) is 27.3 Å². The summed E-state index contributed by atoms with van der Waals surface area (Å²) in [6, 6.07) is 9.11. The highest BCUT2D eigenvalue weighted by Crippen LogP contribution is 2.20. The summed E-state index contributed by atoms with van der Waals surface area (Å²) in [7, 11) is 2.17. The Balaban J connectivity index is 1.82. The van der Waals surface area contributed by atoms with Gasteiger partial charge in [-0.25, -0.2) is 0 Å². The van der Waals surface area contributed by atoms with Crippen molar-refractivity contribution in [3.8, 4) is 0 Å². The van der Waals surface area contributed by atoms with Crippen LogP contribution in [0.3, 0.4) is 0 Å². The van der Waals surface area contributed by atoms with Crippen LogP contribution in [0, 0.1) is 0 Å². The molecule has 0 saturated carbocycles. The molecule has 0 aromatic heterocycles. The van der Waals surface area contributed by atoms with Gasteiger partial charge in [0.15, 0.2) is 5.11 Å². The van der Waals surface area contributed by atoms with E-state index in [4.69, 9.17) is 12.2 Å². The maximum Gasteiger partial charge on any atom is 0.170 e. The van der Waals surface area contributed by atoms with Gasteiger partial charge in [0.1, 0.15) is 0 Å². The van der Waals surface area contributed by atoms with Crippen molar-refractivity contribution in [1.82, 2.24) is 10.2 Å². The lowest BCUT2D eigenvalue weighted by Crippen LogP contribution is -2.44. The molecule has 1 fully saturated rings. The zero-order valence-corrected chi connectivity index (χ0v) is 14.2. The van der Waals surface area contributed by atoms with Gasteiger partial charge in [-0.3, -0.25) is 0 Å². The minimum atomic E-state index is 0.501. The fourth-order valence-corrected chi connectivity index (χ4v) is 2.92. The molecule has 1 aliphatic rings. The van der Waals surface area contributed by atoms with Crippen molar-refractivity contribution in [2.24, 2.45) is 0 Å². The lowest BCUT2D eigenvalue weighted by molar-refractivity contribution is 0.247. The van der Waals surface area contributed by atoms with Gasteiger partial charge in [0.05, 0.1) is 0 Å². The van der Waals surface area contributed by atoms with Crippen LogP contribution in [0.1, 0.15) is 44.6 Å². The van der Waals surface area contributed by atoms with Crippen molar-refractivity contribution in [2.45, 2.75) is 45.1 Å². The van der Waals surface area contributed by atoms with Gasteiger partial charge < -0.3 is 15.5 Å². The van der Waals surface area contributed by atoms with E-state index in [1.807, 2.05) is 0 Å². The van der Waals surface area contributed by atoms with E-state index in [1.54, 1.807) is 0 Å². The number of benzene rings is 1. The molecule has 4 heteroatoms. The van der Waals surface area contributed by atoms with E-state index < -0.39 is 0 Å². The Bertz CT molecular complexity index is 450. The lowest BCUT2D eigenvalue weighted by atomic mass is 9.99. The molecule has 116 valence electrons. The molecule has 1 saturated heterocycles. The molecule has 0 bridgehead atoms. The van der Waals surface area contributed by atoms with Crippen LogP contribution in [0.2, 0.25) is 0 Å². The van der Waals surface area contributed by atoms with Crippen molar-refractivity contribution in [2.75, 3.05) is 25.5 Å². The van der Waals surface area contributed by atoms with Gasteiger partial charge in [0.25, 0.3) is 0 Å². The first-order chi connectivity index (χ1) is 10.1. The summed E-state index contributed by atoms with van der Waals surface area (Å²) in [6.45, 7) is 6.76. The summed E-state index contributed by atoms with van der Waals surface area (Å²) in [4.78, 5) is 2.36. The average Bonchev–Trinajstić information content (AvgIpc) is 2.49. The molecule has 21 heavy (non-hydrogen) atoms. The highest BCUT2D eigenvalue weighted by Gasteiger charge is 2.17. The lowest BCUT2D eigenvalue weighted by Gasteiger charge is -2.30. The summed E-state index contributed by atoms with van der Waals surface area (Å²) in [5, 5.41) is 7.46. The molecule has 2 rings (SSSR count). The Morgan fingerprint density at radius 2 is 1.90 bits per heavy atom. The van der Waals surface area contributed by atoms with Crippen LogP contribution >= 0.6 is 12.2 Å². The Morgan fingerprint density at radius 3 is 2.48 bits per heavy atom. The second-order valence-electron chi connectivity index (χ2n) is 6.11. The van der Waals surface area contributed by atoms with Gasteiger partial charge in [0.2, 0.25) is 0 Å². The highest BCUT2D eigenvalue weighted by atomic mass is 32.1. The largest absolute Gasteiger partial charge is 0.360 e. The van der Waals surface area contributed by atoms with Crippen LogP contribution in [0.25, 0.3) is 0 Å². The van der Waals surface area contributed by atoms with E-state index in [9.17, 15) is 0 Å². The summed E-state index contributed by atoms with van der Waals surface area (Å²) in [5.74, 6) is 0.614. The van der Waals surface area contributed by atoms with E-state index in [1.165, 1.54) is 12.0 Å². The van der Waals surface area contributed by atoms with Crippen LogP contribution < -0.4 is 10.6 Å². The van der Waals surface area contributed by atoms with Crippen LogP contribution in [0.15, 0.2) is 24.3 Å². The van der Waals surface area contributed by atoms with E-state index in [-0.39, 0.29) is 0 Å². The van der Waals surface area contributed by atoms with Crippen LogP contribution in [0.5, 0.6) is 0 Å². The number of thiocarbonyl (C=S) groups is 1. The Labute approximate surface area is 134 Å². The summed E-state index contributed by atoms with van der Waals surface area (Å²) in [6.07, 6.45) is 3.49. The molecule has 0 amide bonds.